The summed E-state index contributed by atoms with van der Waals surface area (Å²) in [5.74, 6) is -4.00. The smallest absolute Gasteiger partial charge is 0.362 e. The van der Waals surface area contributed by atoms with Crippen molar-refractivity contribution < 1.29 is 42.3 Å². The molecule has 0 heterocycles. The van der Waals surface area contributed by atoms with Crippen molar-refractivity contribution >= 4 is 33.5 Å². The molecule has 34 heavy (non-hydrogen) atoms. The molecular formula is C23H14N2O8S. The minimum absolute atomic E-state index is 0.0114. The average Bonchev–Trinajstić information content (AvgIpc) is 2.82. The lowest BCUT2D eigenvalue weighted by Gasteiger charge is -2.15. The van der Waals surface area contributed by atoms with E-state index in [9.17, 15) is 33.3 Å². The summed E-state index contributed by atoms with van der Waals surface area (Å²) in [6, 6.07) is 11.0. The lowest BCUT2D eigenvalue weighted by atomic mass is 9.95. The highest BCUT2D eigenvalue weighted by atomic mass is 32.2. The first-order valence-corrected chi connectivity index (χ1v) is 11.0. The SMILES string of the molecule is [N-]=[N+]=C1C=Cc2c(cccc2S(=O)(=O)Oc2ccc(C(=O)c3ccc(O)cc3)c(O)c2O)C1=O. The minimum Gasteiger partial charge on any atom is -0.508 e. The summed E-state index contributed by atoms with van der Waals surface area (Å²) < 4.78 is 30.9. The molecule has 11 heteroatoms. The van der Waals surface area contributed by atoms with Crippen LogP contribution in [0.4, 0.5) is 0 Å². The lowest BCUT2D eigenvalue weighted by Crippen LogP contribution is -2.20. The number of hydrogen-bond donors (Lipinski definition) is 3. The Balaban J connectivity index is 1.70. The molecule has 0 saturated carbocycles. The second-order valence-electron chi connectivity index (χ2n) is 7.09. The first kappa shape index (κ1) is 22.5. The van der Waals surface area contributed by atoms with E-state index in [1.54, 1.807) is 0 Å². The number of nitrogens with zero attached hydrogens (tertiary/aromatic N) is 2. The number of allylic oxidation sites excluding steroid dienone is 1. The Labute approximate surface area is 192 Å². The van der Waals surface area contributed by atoms with Crippen LogP contribution in [0.3, 0.4) is 0 Å². The Bertz CT molecular complexity index is 1550. The zero-order valence-electron chi connectivity index (χ0n) is 17.0. The van der Waals surface area contributed by atoms with Gasteiger partial charge in [-0.15, -0.1) is 0 Å². The van der Waals surface area contributed by atoms with Gasteiger partial charge >= 0.3 is 15.8 Å². The normalized spacial score (nSPS) is 12.7. The standard InChI is InChI=1S/C23H14N2O8S/c24-25-17-10-8-14-15(21(17)28)2-1-3-19(14)34(31,32)33-18-11-9-16(22(29)23(18)30)20(27)12-4-6-13(26)7-5-12/h1-11,26,29-30H. The van der Waals surface area contributed by atoms with Crippen molar-refractivity contribution in [1.29, 1.82) is 0 Å². The fourth-order valence-electron chi connectivity index (χ4n) is 3.33. The van der Waals surface area contributed by atoms with E-state index in [1.165, 1.54) is 48.5 Å². The van der Waals surface area contributed by atoms with E-state index in [1.807, 2.05) is 0 Å². The molecule has 4 rings (SSSR count). The van der Waals surface area contributed by atoms with Crippen LogP contribution in [0.15, 0.2) is 65.6 Å². The Kier molecular flexibility index (Phi) is 5.50. The van der Waals surface area contributed by atoms with Crippen molar-refractivity contribution in [3.05, 3.63) is 88.5 Å². The van der Waals surface area contributed by atoms with Gasteiger partial charge in [-0.1, -0.05) is 12.1 Å². The number of Topliss-reactive ketones (excluding diaryl/α,β-unsaturated/α-hetero) is 1. The maximum absolute atomic E-state index is 12.9. The molecule has 0 aliphatic heterocycles. The topological polar surface area (TPSA) is 175 Å². The van der Waals surface area contributed by atoms with Crippen molar-refractivity contribution in [2.75, 3.05) is 0 Å². The maximum Gasteiger partial charge on any atom is 0.362 e. The summed E-state index contributed by atoms with van der Waals surface area (Å²) in [5.41, 5.74) is 8.35. The predicted octanol–water partition coefficient (Wildman–Crippen LogP) is 2.68. The fourth-order valence-corrected chi connectivity index (χ4v) is 4.48. The summed E-state index contributed by atoms with van der Waals surface area (Å²) in [7, 11) is -4.62. The maximum atomic E-state index is 12.9. The highest BCUT2D eigenvalue weighted by Crippen LogP contribution is 2.40. The van der Waals surface area contributed by atoms with Gasteiger partial charge < -0.3 is 25.0 Å². The molecule has 0 amide bonds. The van der Waals surface area contributed by atoms with Crippen LogP contribution in [-0.2, 0) is 10.1 Å². The highest BCUT2D eigenvalue weighted by molar-refractivity contribution is 7.87. The van der Waals surface area contributed by atoms with E-state index in [0.717, 1.165) is 18.2 Å². The van der Waals surface area contributed by atoms with Crippen LogP contribution in [0, 0.1) is 0 Å². The van der Waals surface area contributed by atoms with Gasteiger partial charge in [0.1, 0.15) is 10.6 Å². The van der Waals surface area contributed by atoms with Gasteiger partial charge in [0.15, 0.2) is 17.3 Å². The van der Waals surface area contributed by atoms with Crippen molar-refractivity contribution in [3.63, 3.8) is 0 Å². The molecule has 0 saturated heterocycles. The first-order chi connectivity index (χ1) is 16.1. The molecule has 1 aliphatic rings. The molecule has 0 radical (unpaired) electrons. The summed E-state index contributed by atoms with van der Waals surface area (Å²) in [6.45, 7) is 0. The van der Waals surface area contributed by atoms with E-state index in [0.29, 0.717) is 0 Å². The number of phenolic OH excluding ortho intramolecular Hbond substituents is 3. The van der Waals surface area contributed by atoms with Crippen LogP contribution in [-0.4, -0.2) is 45.8 Å². The zero-order chi connectivity index (χ0) is 24.6. The van der Waals surface area contributed by atoms with Gasteiger partial charge in [-0.05, 0) is 48.5 Å². The molecule has 0 aromatic heterocycles. The molecule has 170 valence electrons. The third-order valence-corrected chi connectivity index (χ3v) is 6.31. The number of hydrogen-bond acceptors (Lipinski definition) is 8. The monoisotopic (exact) mass is 478 g/mol. The van der Waals surface area contributed by atoms with Crippen LogP contribution in [0.25, 0.3) is 11.6 Å². The molecule has 0 bridgehead atoms. The molecular weight excluding hydrogens is 464 g/mol. The number of phenols is 3. The largest absolute Gasteiger partial charge is 0.508 e. The number of ketones is 2. The summed E-state index contributed by atoms with van der Waals surface area (Å²) in [5, 5.41) is 30.0. The number of carbonyl (C=O) groups is 2. The first-order valence-electron chi connectivity index (χ1n) is 9.55. The third kappa shape index (κ3) is 3.81. The second kappa shape index (κ2) is 8.32. The van der Waals surface area contributed by atoms with Crippen molar-refractivity contribution in [3.8, 4) is 23.0 Å². The van der Waals surface area contributed by atoms with E-state index >= 15 is 0 Å². The van der Waals surface area contributed by atoms with Crippen LogP contribution in [0.5, 0.6) is 23.0 Å². The molecule has 1 aliphatic carbocycles. The predicted molar refractivity (Wildman–Crippen MR) is 118 cm³/mol. The molecule has 0 unspecified atom stereocenters. The van der Waals surface area contributed by atoms with E-state index in [4.69, 9.17) is 9.71 Å². The van der Waals surface area contributed by atoms with E-state index in [-0.39, 0.29) is 33.7 Å². The van der Waals surface area contributed by atoms with Crippen molar-refractivity contribution in [2.45, 2.75) is 4.90 Å². The summed E-state index contributed by atoms with van der Waals surface area (Å²) in [6.07, 6.45) is 2.40. The Morgan fingerprint density at radius 1 is 0.912 bits per heavy atom. The van der Waals surface area contributed by atoms with E-state index in [2.05, 4.69) is 4.79 Å². The molecule has 0 fully saturated rings. The molecule has 3 N–H and O–H groups in total. The number of rotatable bonds is 5. The molecule has 0 atom stereocenters. The minimum atomic E-state index is -4.62. The number of benzene rings is 3. The second-order valence-corrected chi connectivity index (χ2v) is 8.60. The zero-order valence-corrected chi connectivity index (χ0v) is 17.9. The Morgan fingerprint density at radius 2 is 1.62 bits per heavy atom. The van der Waals surface area contributed by atoms with Crippen molar-refractivity contribution in [2.24, 2.45) is 0 Å². The molecule has 0 spiro atoms. The number of carbonyl (C=O) groups excluding carboxylic acids is 2. The van der Waals surface area contributed by atoms with E-state index < -0.39 is 43.8 Å². The summed E-state index contributed by atoms with van der Waals surface area (Å²) in [4.78, 5) is 27.4. The van der Waals surface area contributed by atoms with Gasteiger partial charge in [-0.2, -0.15) is 13.2 Å². The van der Waals surface area contributed by atoms with Crippen LogP contribution in [0.1, 0.15) is 31.8 Å². The fraction of sp³-hybridized carbons (Fsp3) is 0. The van der Waals surface area contributed by atoms with Crippen molar-refractivity contribution in [1.82, 2.24) is 0 Å². The van der Waals surface area contributed by atoms with Gasteiger partial charge in [-0.25, -0.2) is 0 Å². The third-order valence-electron chi connectivity index (χ3n) is 5.02. The number of fused-ring (bicyclic) bond motifs is 1. The lowest BCUT2D eigenvalue weighted by molar-refractivity contribution is -0.00436. The van der Waals surface area contributed by atoms with Crippen LogP contribution in [0.2, 0.25) is 0 Å². The van der Waals surface area contributed by atoms with Gasteiger partial charge in [0.25, 0.3) is 5.78 Å². The average molecular weight is 478 g/mol. The Hall–Kier alpha value is -4.73. The quantitative estimate of drug-likeness (QED) is 0.165. The van der Waals surface area contributed by atoms with Crippen LogP contribution >= 0.6 is 0 Å². The molecule has 10 nitrogen and oxygen atoms in total. The highest BCUT2D eigenvalue weighted by Gasteiger charge is 2.32. The molecule has 3 aromatic carbocycles. The Morgan fingerprint density at radius 3 is 2.29 bits per heavy atom. The van der Waals surface area contributed by atoms with Gasteiger partial charge in [0.05, 0.1) is 5.56 Å². The van der Waals surface area contributed by atoms with Gasteiger partial charge in [-0.3, -0.25) is 9.59 Å². The number of aromatic hydroxyl groups is 3. The van der Waals surface area contributed by atoms with Gasteiger partial charge in [0, 0.05) is 22.8 Å². The van der Waals surface area contributed by atoms with Gasteiger partial charge in [0.2, 0.25) is 5.75 Å². The summed E-state index contributed by atoms with van der Waals surface area (Å²) >= 11 is 0. The van der Waals surface area contributed by atoms with Crippen LogP contribution < -0.4 is 4.18 Å². The molecule has 3 aromatic rings.